The van der Waals surface area contributed by atoms with Crippen LogP contribution in [0.5, 0.6) is 0 Å². The molecule has 0 fully saturated rings. The zero-order valence-electron chi connectivity index (χ0n) is 13.3. The number of benzene rings is 2. The van der Waals surface area contributed by atoms with Crippen molar-refractivity contribution in [3.8, 4) is 0 Å². The van der Waals surface area contributed by atoms with Crippen molar-refractivity contribution < 1.29 is 8.42 Å². The predicted octanol–water partition coefficient (Wildman–Crippen LogP) is 2.87. The van der Waals surface area contributed by atoms with Crippen LogP contribution in [0.4, 0.5) is 5.69 Å². The summed E-state index contributed by atoms with van der Waals surface area (Å²) in [6.45, 7) is 6.16. The standard InChI is InChI=1S/C17H19N3O2S/c1-11-4-6-14(7-5-11)10-18-17-19-15-9-12(2)8-13(3)16(15)23(21,22)20-17/h4-9H,10H2,1-3H3,(H2,18,19,20). The first-order valence-electron chi connectivity index (χ1n) is 7.36. The van der Waals surface area contributed by atoms with Gasteiger partial charge in [-0.15, -0.1) is 0 Å². The van der Waals surface area contributed by atoms with Crippen molar-refractivity contribution in [3.63, 3.8) is 0 Å². The first-order valence-corrected chi connectivity index (χ1v) is 8.84. The van der Waals surface area contributed by atoms with Crippen LogP contribution in [0, 0.1) is 20.8 Å². The van der Waals surface area contributed by atoms with Crippen LogP contribution in [-0.2, 0) is 16.6 Å². The number of fused-ring (bicyclic) bond motifs is 1. The Balaban J connectivity index is 1.92. The molecule has 0 aliphatic carbocycles. The van der Waals surface area contributed by atoms with Crippen LogP contribution in [-0.4, -0.2) is 14.4 Å². The van der Waals surface area contributed by atoms with Gasteiger partial charge in [0.05, 0.1) is 12.2 Å². The lowest BCUT2D eigenvalue weighted by Gasteiger charge is -2.23. The van der Waals surface area contributed by atoms with Gasteiger partial charge >= 0.3 is 0 Å². The van der Waals surface area contributed by atoms with Crippen molar-refractivity contribution in [2.75, 3.05) is 5.32 Å². The Hall–Kier alpha value is -2.34. The molecule has 5 nitrogen and oxygen atoms in total. The lowest BCUT2D eigenvalue weighted by atomic mass is 10.1. The van der Waals surface area contributed by atoms with Crippen molar-refractivity contribution in [1.29, 1.82) is 0 Å². The highest BCUT2D eigenvalue weighted by molar-refractivity contribution is 7.90. The molecule has 3 rings (SSSR count). The molecular formula is C17H19N3O2S. The van der Waals surface area contributed by atoms with Crippen molar-refractivity contribution in [3.05, 3.63) is 58.7 Å². The Morgan fingerprint density at radius 3 is 2.39 bits per heavy atom. The highest BCUT2D eigenvalue weighted by Gasteiger charge is 2.28. The molecule has 2 aromatic rings. The number of nitrogens with one attached hydrogen (secondary N) is 2. The number of nitrogens with zero attached hydrogens (tertiary/aromatic N) is 1. The average Bonchev–Trinajstić information content (AvgIpc) is 2.44. The van der Waals surface area contributed by atoms with Gasteiger partial charge in [-0.2, -0.15) is 0 Å². The summed E-state index contributed by atoms with van der Waals surface area (Å²) in [4.78, 5) is 4.64. The molecule has 1 heterocycles. The number of anilines is 1. The quantitative estimate of drug-likeness (QED) is 0.890. The minimum absolute atomic E-state index is 0.253. The van der Waals surface area contributed by atoms with E-state index in [0.29, 0.717) is 12.2 Å². The van der Waals surface area contributed by atoms with Gasteiger partial charge in [0.1, 0.15) is 4.90 Å². The Morgan fingerprint density at radius 1 is 1.00 bits per heavy atom. The molecule has 0 radical (unpaired) electrons. The summed E-state index contributed by atoms with van der Waals surface area (Å²) in [6.07, 6.45) is 0. The van der Waals surface area contributed by atoms with Gasteiger partial charge in [-0.05, 0) is 43.5 Å². The molecule has 1 aliphatic heterocycles. The lowest BCUT2D eigenvalue weighted by molar-refractivity contribution is 0.591. The highest BCUT2D eigenvalue weighted by Crippen LogP contribution is 2.29. The molecule has 0 bridgehead atoms. The van der Waals surface area contributed by atoms with E-state index < -0.39 is 10.0 Å². The topological polar surface area (TPSA) is 70.6 Å². The second kappa shape index (κ2) is 5.70. The fourth-order valence-electron chi connectivity index (χ4n) is 2.67. The van der Waals surface area contributed by atoms with Crippen LogP contribution < -0.4 is 10.0 Å². The number of hydrogen-bond donors (Lipinski definition) is 2. The minimum Gasteiger partial charge on any atom is -0.324 e. The highest BCUT2D eigenvalue weighted by atomic mass is 32.2. The van der Waals surface area contributed by atoms with E-state index in [0.717, 1.165) is 16.7 Å². The Morgan fingerprint density at radius 2 is 1.70 bits per heavy atom. The molecule has 6 heteroatoms. The number of guanidine groups is 1. The summed E-state index contributed by atoms with van der Waals surface area (Å²) >= 11 is 0. The van der Waals surface area contributed by atoms with Crippen LogP contribution in [0.3, 0.4) is 0 Å². The minimum atomic E-state index is -3.59. The molecule has 0 atom stereocenters. The van der Waals surface area contributed by atoms with Crippen molar-refractivity contribution in [1.82, 2.24) is 4.72 Å². The molecule has 0 unspecified atom stereocenters. The van der Waals surface area contributed by atoms with Crippen LogP contribution in [0.15, 0.2) is 46.3 Å². The van der Waals surface area contributed by atoms with Gasteiger partial charge < -0.3 is 5.32 Å². The molecule has 120 valence electrons. The van der Waals surface area contributed by atoms with E-state index in [2.05, 4.69) is 15.0 Å². The summed E-state index contributed by atoms with van der Waals surface area (Å²) in [5.41, 5.74) is 4.50. The molecule has 2 N–H and O–H groups in total. The van der Waals surface area contributed by atoms with Gasteiger partial charge in [-0.3, -0.25) is 0 Å². The second-order valence-electron chi connectivity index (χ2n) is 5.84. The van der Waals surface area contributed by atoms with E-state index in [1.807, 2.05) is 50.2 Å². The number of hydrogen-bond acceptors (Lipinski definition) is 3. The van der Waals surface area contributed by atoms with E-state index in [9.17, 15) is 8.42 Å². The van der Waals surface area contributed by atoms with E-state index in [1.54, 1.807) is 6.92 Å². The second-order valence-corrected chi connectivity index (χ2v) is 7.46. The molecular weight excluding hydrogens is 310 g/mol. The first-order chi connectivity index (χ1) is 10.8. The van der Waals surface area contributed by atoms with Gasteiger partial charge in [-0.1, -0.05) is 35.9 Å². The van der Waals surface area contributed by atoms with Crippen molar-refractivity contribution in [2.24, 2.45) is 4.99 Å². The molecule has 1 aliphatic rings. The summed E-state index contributed by atoms with van der Waals surface area (Å²) < 4.78 is 27.4. The predicted molar refractivity (Wildman–Crippen MR) is 92.2 cm³/mol. The molecule has 0 amide bonds. The summed E-state index contributed by atoms with van der Waals surface area (Å²) in [5.74, 6) is 0.253. The number of aliphatic imine (C=N–C) groups is 1. The van der Waals surface area contributed by atoms with Crippen molar-refractivity contribution in [2.45, 2.75) is 32.2 Å². The third kappa shape index (κ3) is 3.22. The van der Waals surface area contributed by atoms with Gasteiger partial charge in [0.25, 0.3) is 10.0 Å². The maximum Gasteiger partial charge on any atom is 0.266 e. The summed E-state index contributed by atoms with van der Waals surface area (Å²) in [7, 11) is -3.59. The summed E-state index contributed by atoms with van der Waals surface area (Å²) in [5, 5.41) is 3.08. The maximum absolute atomic E-state index is 12.4. The van der Waals surface area contributed by atoms with Gasteiger partial charge in [0.15, 0.2) is 0 Å². The van der Waals surface area contributed by atoms with E-state index in [-0.39, 0.29) is 10.9 Å². The Kier molecular flexibility index (Phi) is 3.85. The van der Waals surface area contributed by atoms with Crippen LogP contribution in [0.2, 0.25) is 0 Å². The Bertz CT molecular complexity index is 885. The van der Waals surface area contributed by atoms with Crippen LogP contribution in [0.25, 0.3) is 0 Å². The molecule has 2 aromatic carbocycles. The van der Waals surface area contributed by atoms with Gasteiger partial charge in [0, 0.05) is 0 Å². The monoisotopic (exact) mass is 329 g/mol. The van der Waals surface area contributed by atoms with Gasteiger partial charge in [-0.25, -0.2) is 18.1 Å². The Labute approximate surface area is 136 Å². The molecule has 0 saturated carbocycles. The zero-order valence-corrected chi connectivity index (χ0v) is 14.2. The summed E-state index contributed by atoms with van der Waals surface area (Å²) in [6, 6.07) is 11.7. The third-order valence-corrected chi connectivity index (χ3v) is 5.25. The lowest BCUT2D eigenvalue weighted by Crippen LogP contribution is -2.41. The first kappa shape index (κ1) is 15.6. The van der Waals surface area contributed by atoms with E-state index in [1.165, 1.54) is 5.56 Å². The number of aryl methyl sites for hydroxylation is 3. The smallest absolute Gasteiger partial charge is 0.266 e. The third-order valence-electron chi connectivity index (χ3n) is 3.71. The fraction of sp³-hybridized carbons (Fsp3) is 0.235. The van der Waals surface area contributed by atoms with Crippen molar-refractivity contribution >= 4 is 21.7 Å². The normalized spacial score (nSPS) is 17.3. The zero-order chi connectivity index (χ0) is 16.6. The molecule has 0 spiro atoms. The van der Waals surface area contributed by atoms with E-state index in [4.69, 9.17) is 0 Å². The van der Waals surface area contributed by atoms with E-state index >= 15 is 0 Å². The molecule has 23 heavy (non-hydrogen) atoms. The maximum atomic E-state index is 12.4. The molecule has 0 aromatic heterocycles. The number of rotatable bonds is 2. The number of sulfonamides is 1. The SMILES string of the molecule is Cc1ccc(CN=C2Nc3cc(C)cc(C)c3S(=O)(=O)N2)cc1. The molecule has 0 saturated heterocycles. The average molecular weight is 329 g/mol. The largest absolute Gasteiger partial charge is 0.324 e. The fourth-order valence-corrected chi connectivity index (χ4v) is 4.03. The van der Waals surface area contributed by atoms with Crippen LogP contribution >= 0.6 is 0 Å². The van der Waals surface area contributed by atoms with Crippen LogP contribution in [0.1, 0.15) is 22.3 Å². The van der Waals surface area contributed by atoms with Gasteiger partial charge in [0.2, 0.25) is 5.96 Å².